The molecule has 5 heteroatoms. The van der Waals surface area contributed by atoms with E-state index in [0.717, 1.165) is 116 Å². The number of allylic oxidation sites excluding steroid dienone is 2. The molecule has 16 rings (SSSR count). The normalized spacial score (nSPS) is 13.2. The zero-order chi connectivity index (χ0) is 48.6. The van der Waals surface area contributed by atoms with Crippen LogP contribution in [0.5, 0.6) is 0 Å². The smallest absolute Gasteiger partial charge is 0.160 e. The maximum Gasteiger partial charge on any atom is 0.160 e. The zero-order valence-electron chi connectivity index (χ0n) is 40.3. The molecule has 11 aromatic carbocycles. The van der Waals surface area contributed by atoms with Crippen molar-refractivity contribution in [2.45, 2.75) is 13.3 Å². The second-order valence-electron chi connectivity index (χ2n) is 19.8. The van der Waals surface area contributed by atoms with Gasteiger partial charge < -0.3 is 13.4 Å². The molecule has 0 atom stereocenters. The maximum absolute atomic E-state index is 7.39. The monoisotopic (exact) mass is 945 g/mol. The summed E-state index contributed by atoms with van der Waals surface area (Å²) >= 11 is 0. The number of fused-ring (bicyclic) bond motifs is 18. The van der Waals surface area contributed by atoms with E-state index in [0.29, 0.717) is 6.42 Å². The molecule has 0 saturated heterocycles. The number of hydrogen-bond acceptors (Lipinski definition) is 3. The summed E-state index contributed by atoms with van der Waals surface area (Å²) in [4.78, 5) is 5.88. The SMILES string of the molecule is CC1=C(c2ccccc2-c2ccccc2)C(n2c3ccccc3c3c4ccccc4c4c(oc5ccc6cc(-c7ccc8c(c7)c7ccccc7n8-c7ccccc7)ccc6c54)c32)=Nc2c(oc3ccccc23)C1. The van der Waals surface area contributed by atoms with Gasteiger partial charge in [-0.15, -0.1) is 0 Å². The first-order valence-electron chi connectivity index (χ1n) is 25.4. The first kappa shape index (κ1) is 41.0. The number of nitrogens with zero attached hydrogens (tertiary/aromatic N) is 3. The van der Waals surface area contributed by atoms with Crippen LogP contribution in [0, 0.1) is 0 Å². The number of hydrogen-bond donors (Lipinski definition) is 0. The fourth-order valence-electron chi connectivity index (χ4n) is 12.5. The summed E-state index contributed by atoms with van der Waals surface area (Å²) in [5.41, 5.74) is 16.9. The van der Waals surface area contributed by atoms with Crippen LogP contribution in [-0.4, -0.2) is 15.0 Å². The molecule has 0 spiro atoms. The van der Waals surface area contributed by atoms with Gasteiger partial charge in [-0.2, -0.15) is 0 Å². The van der Waals surface area contributed by atoms with Gasteiger partial charge in [0.05, 0.1) is 22.1 Å². The number of rotatable bonds is 4. The number of furan rings is 2. The Morgan fingerprint density at radius 2 is 1.03 bits per heavy atom. The van der Waals surface area contributed by atoms with Crippen molar-refractivity contribution < 1.29 is 8.83 Å². The van der Waals surface area contributed by atoms with Crippen LogP contribution in [0.4, 0.5) is 5.69 Å². The summed E-state index contributed by atoms with van der Waals surface area (Å²) < 4.78 is 18.9. The first-order valence-corrected chi connectivity index (χ1v) is 25.4. The van der Waals surface area contributed by atoms with Crippen LogP contribution < -0.4 is 0 Å². The summed E-state index contributed by atoms with van der Waals surface area (Å²) in [5.74, 6) is 1.69. The molecule has 0 aliphatic carbocycles. The predicted molar refractivity (Wildman–Crippen MR) is 308 cm³/mol. The number of aliphatic imine (C=N–C) groups is 1. The molecule has 0 bridgehead atoms. The van der Waals surface area contributed by atoms with E-state index in [-0.39, 0.29) is 0 Å². The zero-order valence-corrected chi connectivity index (χ0v) is 40.3. The second kappa shape index (κ2) is 15.6. The van der Waals surface area contributed by atoms with Crippen LogP contribution in [0.15, 0.2) is 250 Å². The Kier molecular flexibility index (Phi) is 8.66. The Balaban J connectivity index is 0.973. The molecule has 5 nitrogen and oxygen atoms in total. The molecule has 346 valence electrons. The quantitative estimate of drug-likeness (QED) is 0.176. The van der Waals surface area contributed by atoms with Crippen LogP contribution in [0.25, 0.3) is 132 Å². The van der Waals surface area contributed by atoms with Crippen LogP contribution >= 0.6 is 0 Å². The van der Waals surface area contributed by atoms with Gasteiger partial charge in [0.2, 0.25) is 0 Å². The number of aromatic nitrogens is 2. The summed E-state index contributed by atoms with van der Waals surface area (Å²) in [6.45, 7) is 2.25. The van der Waals surface area contributed by atoms with Crippen molar-refractivity contribution in [2.24, 2.45) is 4.99 Å². The fraction of sp³-hybridized carbons (Fsp3) is 0.0290. The average Bonchev–Trinajstić information content (AvgIpc) is 4.25. The highest BCUT2D eigenvalue weighted by atomic mass is 16.3. The van der Waals surface area contributed by atoms with Gasteiger partial charge in [0.15, 0.2) is 5.58 Å². The van der Waals surface area contributed by atoms with Crippen LogP contribution in [0.2, 0.25) is 0 Å². The lowest BCUT2D eigenvalue weighted by molar-refractivity contribution is 0.563. The van der Waals surface area contributed by atoms with E-state index < -0.39 is 0 Å². The van der Waals surface area contributed by atoms with Gasteiger partial charge in [-0.3, -0.25) is 4.57 Å². The van der Waals surface area contributed by atoms with Crippen molar-refractivity contribution in [1.82, 2.24) is 9.13 Å². The van der Waals surface area contributed by atoms with Crippen molar-refractivity contribution in [3.8, 4) is 27.9 Å². The third-order valence-corrected chi connectivity index (χ3v) is 15.7. The van der Waals surface area contributed by atoms with E-state index in [2.05, 4.69) is 234 Å². The van der Waals surface area contributed by atoms with Crippen molar-refractivity contribution >= 4 is 115 Å². The highest BCUT2D eigenvalue weighted by Gasteiger charge is 2.31. The lowest BCUT2D eigenvalue weighted by Crippen LogP contribution is -2.16. The standard InChI is InChI=1S/C69H43N3O2/c1-41-38-61-66(54-28-14-17-31-59(54)73-61)70-69(62(41)50-24-9-8-22-47(50)42-18-4-2-5-19-42)72-57-30-16-13-27-53(57)63-51-25-10-11-26-52(51)65-64-48-35-32-43(39-45(48)34-37-60(64)74-68(65)67(63)72)44-33-36-58-55(40-44)49-23-12-15-29-56(49)71(58)46-20-6-3-7-21-46/h2-37,39-40H,38H2,1H3. The highest BCUT2D eigenvalue weighted by Crippen LogP contribution is 2.49. The minimum atomic E-state index is 0.606. The molecule has 1 aliphatic heterocycles. The molecule has 1 aliphatic rings. The lowest BCUT2D eigenvalue weighted by Gasteiger charge is -2.20. The van der Waals surface area contributed by atoms with Gasteiger partial charge in [0.1, 0.15) is 28.4 Å². The number of para-hydroxylation sites is 4. The van der Waals surface area contributed by atoms with E-state index in [4.69, 9.17) is 13.8 Å². The molecule has 0 saturated carbocycles. The third-order valence-electron chi connectivity index (χ3n) is 15.7. The fourth-order valence-corrected chi connectivity index (χ4v) is 12.5. The summed E-state index contributed by atoms with van der Waals surface area (Å²) in [6.07, 6.45) is 0.606. The van der Waals surface area contributed by atoms with E-state index in [1.54, 1.807) is 0 Å². The Morgan fingerprint density at radius 1 is 0.405 bits per heavy atom. The van der Waals surface area contributed by atoms with Crippen LogP contribution in [0.1, 0.15) is 18.2 Å². The predicted octanol–water partition coefficient (Wildman–Crippen LogP) is 18.8. The van der Waals surface area contributed by atoms with Gasteiger partial charge in [0, 0.05) is 55.4 Å². The highest BCUT2D eigenvalue weighted by molar-refractivity contribution is 6.41. The minimum Gasteiger partial charge on any atom is -0.458 e. The largest absolute Gasteiger partial charge is 0.458 e. The Labute approximate surface area is 424 Å². The Morgan fingerprint density at radius 3 is 1.84 bits per heavy atom. The molecular formula is C69H43N3O2. The van der Waals surface area contributed by atoms with Crippen molar-refractivity contribution in [3.05, 3.63) is 247 Å². The van der Waals surface area contributed by atoms with Crippen molar-refractivity contribution in [1.29, 1.82) is 0 Å². The van der Waals surface area contributed by atoms with Gasteiger partial charge in [-0.25, -0.2) is 4.99 Å². The molecule has 0 amide bonds. The van der Waals surface area contributed by atoms with E-state index in [1.807, 2.05) is 12.1 Å². The molecule has 0 unspecified atom stereocenters. The van der Waals surface area contributed by atoms with Crippen molar-refractivity contribution in [3.63, 3.8) is 0 Å². The topological polar surface area (TPSA) is 48.5 Å². The molecule has 74 heavy (non-hydrogen) atoms. The molecule has 4 aromatic heterocycles. The van der Waals surface area contributed by atoms with Gasteiger partial charge in [0.25, 0.3) is 0 Å². The summed E-state index contributed by atoms with van der Waals surface area (Å²) in [6, 6.07) is 83.0. The molecule has 0 N–H and O–H groups in total. The molecule has 5 heterocycles. The summed E-state index contributed by atoms with van der Waals surface area (Å²) in [5, 5.41) is 12.6. The molecule has 0 radical (unpaired) electrons. The van der Waals surface area contributed by atoms with Gasteiger partial charge in [-0.1, -0.05) is 175 Å². The van der Waals surface area contributed by atoms with Crippen LogP contribution in [-0.2, 0) is 6.42 Å². The average molecular weight is 946 g/mol. The van der Waals surface area contributed by atoms with E-state index in [1.165, 1.54) is 43.9 Å². The van der Waals surface area contributed by atoms with Gasteiger partial charge >= 0.3 is 0 Å². The van der Waals surface area contributed by atoms with Crippen molar-refractivity contribution in [2.75, 3.05) is 0 Å². The van der Waals surface area contributed by atoms with Crippen LogP contribution in [0.3, 0.4) is 0 Å². The molecular weight excluding hydrogens is 903 g/mol. The lowest BCUT2D eigenvalue weighted by atomic mass is 9.90. The molecule has 0 fully saturated rings. The molecule has 15 aromatic rings. The van der Waals surface area contributed by atoms with Gasteiger partial charge in [-0.05, 0) is 117 Å². The summed E-state index contributed by atoms with van der Waals surface area (Å²) in [7, 11) is 0. The third kappa shape index (κ3) is 5.83. The van der Waals surface area contributed by atoms with E-state index >= 15 is 0 Å². The maximum atomic E-state index is 7.39. The van der Waals surface area contributed by atoms with E-state index in [9.17, 15) is 0 Å². The first-order chi connectivity index (χ1) is 36.6. The Hall–Kier alpha value is -9.71. The second-order valence-corrected chi connectivity index (χ2v) is 19.8. The number of benzene rings is 11. The Bertz CT molecular complexity index is 4930. The minimum absolute atomic E-state index is 0.606.